The molecule has 2 aliphatic carbocycles. The molecule has 0 nitrogen and oxygen atoms in total. The normalized spacial score (nSPS) is 48.3. The summed E-state index contributed by atoms with van der Waals surface area (Å²) < 4.78 is 0. The van der Waals surface area contributed by atoms with Gasteiger partial charge in [0.05, 0.1) is 0 Å². The zero-order valence-electron chi connectivity index (χ0n) is 18.2. The van der Waals surface area contributed by atoms with E-state index >= 15 is 0 Å². The minimum absolute atomic E-state index is 0. The molecule has 0 aliphatic heterocycles. The molecule has 0 aromatic carbocycles. The molecule has 0 unspecified atom stereocenters. The topological polar surface area (TPSA) is 0 Å². The fourth-order valence-corrected chi connectivity index (χ4v) is 4.79. The van der Waals surface area contributed by atoms with Gasteiger partial charge >= 0.3 is 17.4 Å². The van der Waals surface area contributed by atoms with Crippen LogP contribution in [0.25, 0.3) is 0 Å². The first kappa shape index (κ1) is 28.3. The monoisotopic (exact) mass is 362 g/mol. The van der Waals surface area contributed by atoms with Crippen LogP contribution in [0.3, 0.4) is 0 Å². The average Bonchev–Trinajstić information content (AvgIpc) is 2.71. The molecule has 2 fully saturated rings. The Balaban J connectivity index is -0.000000308. The Hall–Kier alpha value is 0.532. The summed E-state index contributed by atoms with van der Waals surface area (Å²) in [4.78, 5) is 0. The third-order valence-electron chi connectivity index (χ3n) is 8.29. The molecule has 0 atom stereocenters. The van der Waals surface area contributed by atoms with Crippen molar-refractivity contribution in [3.8, 4) is 0 Å². The summed E-state index contributed by atoms with van der Waals surface area (Å²) in [6.45, 7) is 24.0. The van der Waals surface area contributed by atoms with Gasteiger partial charge in [0.2, 0.25) is 0 Å². The number of rotatable bonds is 0. The van der Waals surface area contributed by atoms with E-state index in [1.165, 1.54) is 0 Å². The quantitative estimate of drug-likeness (QED) is 0.398. The van der Waals surface area contributed by atoms with Crippen LogP contribution < -0.4 is 0 Å². The van der Waals surface area contributed by atoms with Crippen LogP contribution in [-0.2, 0) is 17.4 Å². The summed E-state index contributed by atoms with van der Waals surface area (Å²) in [7, 11) is 0. The van der Waals surface area contributed by atoms with Gasteiger partial charge in [-0.2, -0.15) is 0 Å². The van der Waals surface area contributed by atoms with Gasteiger partial charge in [-0.1, -0.05) is 69.2 Å². The molecule has 2 saturated carbocycles. The van der Waals surface area contributed by atoms with Crippen LogP contribution in [0.5, 0.6) is 0 Å². The third kappa shape index (κ3) is 5.78. The van der Waals surface area contributed by atoms with Gasteiger partial charge in [-0.3, -0.25) is 0 Å². The molecule has 0 N–H and O–H groups in total. The summed E-state index contributed by atoms with van der Waals surface area (Å²) in [5, 5.41) is 0. The summed E-state index contributed by atoms with van der Waals surface area (Å²) in [6.07, 6.45) is 0. The number of hydrogen-bond donors (Lipinski definition) is 0. The van der Waals surface area contributed by atoms with Gasteiger partial charge in [0.25, 0.3) is 0 Å². The van der Waals surface area contributed by atoms with Crippen molar-refractivity contribution in [2.24, 2.45) is 59.2 Å². The first-order valence-electron chi connectivity index (χ1n) is 9.11. The predicted octanol–water partition coefficient (Wildman–Crippen LogP) is 7.26. The first-order valence-corrected chi connectivity index (χ1v) is 9.11. The maximum absolute atomic E-state index is 2.40. The van der Waals surface area contributed by atoms with Gasteiger partial charge in [0.15, 0.2) is 0 Å². The maximum Gasteiger partial charge on any atom is 2.00 e. The van der Waals surface area contributed by atoms with Gasteiger partial charge in [-0.25, -0.2) is 0 Å². The minimum atomic E-state index is 0. The number of hydrogen-bond acceptors (Lipinski definition) is 0. The van der Waals surface area contributed by atoms with Gasteiger partial charge in [0, 0.05) is 0 Å². The van der Waals surface area contributed by atoms with E-state index in [0.717, 1.165) is 59.2 Å². The fraction of sp³-hybridized carbons (Fsp3) is 0.909. The van der Waals surface area contributed by atoms with Crippen LogP contribution in [-0.4, -0.2) is 0 Å². The third-order valence-corrected chi connectivity index (χ3v) is 8.29. The Morgan fingerprint density at radius 1 is 0.261 bits per heavy atom. The van der Waals surface area contributed by atoms with E-state index in [4.69, 9.17) is 0 Å². The van der Waals surface area contributed by atoms with Crippen LogP contribution in [0.15, 0.2) is 0 Å². The molecule has 0 spiro atoms. The van der Waals surface area contributed by atoms with Crippen molar-refractivity contribution in [2.45, 2.75) is 69.2 Å². The summed E-state index contributed by atoms with van der Waals surface area (Å²) in [6, 6.07) is 0. The van der Waals surface area contributed by atoms with Crippen molar-refractivity contribution < 1.29 is 17.4 Å². The van der Waals surface area contributed by atoms with Gasteiger partial charge < -0.3 is 14.9 Å². The van der Waals surface area contributed by atoms with Crippen molar-refractivity contribution in [1.82, 2.24) is 0 Å². The van der Waals surface area contributed by atoms with Crippen LogP contribution in [0, 0.1) is 74.0 Å². The largest absolute Gasteiger partial charge is 2.00 e. The summed E-state index contributed by atoms with van der Waals surface area (Å²) in [5.41, 5.74) is 0. The molecule has 0 radical (unpaired) electrons. The van der Waals surface area contributed by atoms with E-state index in [1.807, 2.05) is 0 Å². The Morgan fingerprint density at radius 2 is 0.304 bits per heavy atom. The van der Waals surface area contributed by atoms with Crippen LogP contribution in [0.1, 0.15) is 69.2 Å². The second-order valence-corrected chi connectivity index (χ2v) is 8.59. The molecule has 0 aromatic rings. The molecule has 2 rings (SSSR count). The van der Waals surface area contributed by atoms with E-state index in [-0.39, 0.29) is 32.2 Å². The Kier molecular flexibility index (Phi) is 13.8. The zero-order chi connectivity index (χ0) is 15.8. The molecule has 23 heavy (non-hydrogen) atoms. The van der Waals surface area contributed by atoms with Gasteiger partial charge in [0.1, 0.15) is 0 Å². The standard InChI is InChI=1S/2C10H20.2CH3.Cr/c2*1-6-7(2)9(4)10(5)8(6)3;;;/h2*6-10H,1-5H3;2*1H3;/q;;2*-1;+2. The van der Waals surface area contributed by atoms with Crippen molar-refractivity contribution in [3.05, 3.63) is 14.9 Å². The molecule has 0 aromatic heterocycles. The second-order valence-electron chi connectivity index (χ2n) is 8.59. The Morgan fingerprint density at radius 3 is 0.348 bits per heavy atom. The average molecular weight is 363 g/mol. The smallest absolute Gasteiger partial charge is 0.358 e. The summed E-state index contributed by atoms with van der Waals surface area (Å²) >= 11 is 0. The van der Waals surface area contributed by atoms with E-state index in [2.05, 4.69) is 69.2 Å². The van der Waals surface area contributed by atoms with Gasteiger partial charge in [-0.05, 0) is 59.2 Å². The molecule has 0 heterocycles. The van der Waals surface area contributed by atoms with E-state index in [1.54, 1.807) is 0 Å². The van der Waals surface area contributed by atoms with E-state index in [9.17, 15) is 0 Å². The van der Waals surface area contributed by atoms with E-state index < -0.39 is 0 Å². The molecule has 0 saturated heterocycles. The summed E-state index contributed by atoms with van der Waals surface area (Å²) in [5.74, 6) is 9.35. The molecule has 0 amide bonds. The predicted molar refractivity (Wildman–Crippen MR) is 104 cm³/mol. The van der Waals surface area contributed by atoms with Crippen LogP contribution in [0.2, 0.25) is 0 Å². The Bertz CT molecular complexity index is 181. The molecule has 0 bridgehead atoms. The maximum atomic E-state index is 2.40. The minimum Gasteiger partial charge on any atom is -0.358 e. The van der Waals surface area contributed by atoms with Crippen molar-refractivity contribution >= 4 is 0 Å². The first-order chi connectivity index (χ1) is 9.11. The second kappa shape index (κ2) is 11.2. The fourth-order valence-electron chi connectivity index (χ4n) is 4.79. The van der Waals surface area contributed by atoms with Crippen molar-refractivity contribution in [2.75, 3.05) is 0 Å². The van der Waals surface area contributed by atoms with Crippen molar-refractivity contribution in [3.63, 3.8) is 0 Å². The Labute approximate surface area is 160 Å². The van der Waals surface area contributed by atoms with Crippen LogP contribution in [0.4, 0.5) is 0 Å². The molecule has 140 valence electrons. The van der Waals surface area contributed by atoms with Crippen molar-refractivity contribution in [1.29, 1.82) is 0 Å². The van der Waals surface area contributed by atoms with Gasteiger partial charge in [-0.15, -0.1) is 0 Å². The SMILES string of the molecule is CC1C(C)C(C)C(C)C1C.CC1C(C)C(C)C(C)C1C.[CH3-].[CH3-].[Cr+2]. The zero-order valence-corrected chi connectivity index (χ0v) is 19.5. The molecular weight excluding hydrogens is 316 g/mol. The van der Waals surface area contributed by atoms with Crippen LogP contribution >= 0.6 is 0 Å². The molecule has 1 heteroatoms. The molecular formula is C22H46Cr. The molecule has 2 aliphatic rings. The van der Waals surface area contributed by atoms with E-state index in [0.29, 0.717) is 0 Å².